The molecule has 2 atom stereocenters. The molecule has 1 saturated carbocycles. The summed E-state index contributed by atoms with van der Waals surface area (Å²) in [4.78, 5) is 14.1. The summed E-state index contributed by atoms with van der Waals surface area (Å²) in [5.74, 6) is -1.34. The maximum Gasteiger partial charge on any atom is 0.416 e. The Morgan fingerprint density at radius 3 is 2.05 bits per heavy atom. The van der Waals surface area contributed by atoms with E-state index in [1.54, 1.807) is 13.8 Å². The molecule has 5 rings (SSSR count). The molecule has 2 fully saturated rings. The lowest BCUT2D eigenvalue weighted by Crippen LogP contribution is -2.46. The van der Waals surface area contributed by atoms with Crippen molar-refractivity contribution < 1.29 is 26.4 Å². The van der Waals surface area contributed by atoms with Crippen LogP contribution in [0.15, 0.2) is 59.5 Å². The number of halogens is 3. The molecule has 236 valence electrons. The molecule has 0 spiro atoms. The fraction of sp³-hybridized carbons (Fsp3) is 0.441. The highest BCUT2D eigenvalue weighted by molar-refractivity contribution is 7.89. The van der Waals surface area contributed by atoms with E-state index in [-0.39, 0.29) is 22.7 Å². The summed E-state index contributed by atoms with van der Waals surface area (Å²) in [6, 6.07) is 14.5. The fourth-order valence-corrected chi connectivity index (χ4v) is 9.02. The first kappa shape index (κ1) is 32.0. The van der Waals surface area contributed by atoms with E-state index in [0.717, 1.165) is 30.2 Å². The molecule has 6 nitrogen and oxygen atoms in total. The normalized spacial score (nSPS) is 20.1. The predicted octanol–water partition coefficient (Wildman–Crippen LogP) is 8.07. The summed E-state index contributed by atoms with van der Waals surface area (Å²) in [6.07, 6.45) is 0.817. The van der Waals surface area contributed by atoms with Crippen molar-refractivity contribution in [3.05, 3.63) is 88.0 Å². The zero-order chi connectivity index (χ0) is 31.8. The molecule has 2 N–H and O–H groups in total. The molecule has 1 heterocycles. The average molecular weight is 628 g/mol. The van der Waals surface area contributed by atoms with Crippen LogP contribution < -0.4 is 10.6 Å². The van der Waals surface area contributed by atoms with E-state index in [1.165, 1.54) is 36.2 Å². The van der Waals surface area contributed by atoms with Gasteiger partial charge in [0.15, 0.2) is 0 Å². The van der Waals surface area contributed by atoms with Gasteiger partial charge in [0, 0.05) is 24.0 Å². The summed E-state index contributed by atoms with van der Waals surface area (Å²) < 4.78 is 71.0. The second-order valence-corrected chi connectivity index (χ2v) is 14.1. The fourth-order valence-electron chi connectivity index (χ4n) is 6.92. The second-order valence-electron chi connectivity index (χ2n) is 12.3. The standard InChI is InChI=1S/C34H40F3N3O3S/c1-21-18-23(3)32(24(4)19-21)44(42,43)40-17-7-10-29(33(41)39-28-14-11-22(2)30(20-28)34(35,36)37)31(40)25-12-15-27(16-13-25)38-26-8-5-6-9-26/h11-16,18-20,26,29,31,38H,5-10,17H2,1-4H3,(H,39,41)/t29-,31-/m0/s1. The van der Waals surface area contributed by atoms with E-state index in [2.05, 4.69) is 10.6 Å². The molecule has 1 aliphatic carbocycles. The second kappa shape index (κ2) is 12.6. The number of benzene rings is 3. The third kappa shape index (κ3) is 6.66. The number of hydrogen-bond acceptors (Lipinski definition) is 4. The number of piperidine rings is 1. The van der Waals surface area contributed by atoms with E-state index in [4.69, 9.17) is 0 Å². The van der Waals surface area contributed by atoms with Gasteiger partial charge in [-0.25, -0.2) is 8.42 Å². The Balaban J connectivity index is 1.53. The van der Waals surface area contributed by atoms with Gasteiger partial charge in [0.1, 0.15) is 0 Å². The Labute approximate surface area is 258 Å². The summed E-state index contributed by atoms with van der Waals surface area (Å²) in [7, 11) is -4.05. The quantitative estimate of drug-likeness (QED) is 0.278. The molecule has 0 radical (unpaired) electrons. The van der Waals surface area contributed by atoms with Crippen LogP contribution in [0.1, 0.15) is 77.9 Å². The summed E-state index contributed by atoms with van der Waals surface area (Å²) in [5, 5.41) is 6.22. The minimum absolute atomic E-state index is 0.0213. The Kier molecular flexibility index (Phi) is 9.14. The lowest BCUT2D eigenvalue weighted by Gasteiger charge is -2.40. The van der Waals surface area contributed by atoms with E-state index >= 15 is 0 Å². The van der Waals surface area contributed by atoms with Crippen LogP contribution in [-0.2, 0) is 21.0 Å². The molecular formula is C34H40F3N3O3S. The predicted molar refractivity (Wildman–Crippen MR) is 167 cm³/mol. The Hall–Kier alpha value is -3.37. The van der Waals surface area contributed by atoms with Crippen molar-refractivity contribution in [3.8, 4) is 0 Å². The molecular weight excluding hydrogens is 587 g/mol. The van der Waals surface area contributed by atoms with E-state index < -0.39 is 39.6 Å². The molecule has 1 aliphatic heterocycles. The number of sulfonamides is 1. The topological polar surface area (TPSA) is 78.5 Å². The first-order valence-electron chi connectivity index (χ1n) is 15.2. The highest BCUT2D eigenvalue weighted by Gasteiger charge is 2.44. The Morgan fingerprint density at radius 2 is 1.43 bits per heavy atom. The number of anilines is 2. The molecule has 44 heavy (non-hydrogen) atoms. The van der Waals surface area contributed by atoms with Crippen LogP contribution in [0.3, 0.4) is 0 Å². The van der Waals surface area contributed by atoms with E-state index in [9.17, 15) is 26.4 Å². The maximum absolute atomic E-state index is 14.4. The molecule has 0 aromatic heterocycles. The summed E-state index contributed by atoms with van der Waals surface area (Å²) in [5.41, 5.74) is 3.05. The molecule has 3 aromatic carbocycles. The van der Waals surface area contributed by atoms with Crippen molar-refractivity contribution in [2.45, 2.75) is 89.4 Å². The molecule has 0 unspecified atom stereocenters. The highest BCUT2D eigenvalue weighted by atomic mass is 32.2. The minimum atomic E-state index is -4.57. The number of nitrogens with zero attached hydrogens (tertiary/aromatic N) is 1. The number of alkyl halides is 3. The van der Waals surface area contributed by atoms with Gasteiger partial charge in [0.2, 0.25) is 15.9 Å². The smallest absolute Gasteiger partial charge is 0.382 e. The molecule has 1 saturated heterocycles. The van der Waals surface area contributed by atoms with Gasteiger partial charge in [-0.3, -0.25) is 4.79 Å². The molecule has 2 aliphatic rings. The van der Waals surface area contributed by atoms with Gasteiger partial charge in [-0.05, 0) is 99.9 Å². The SMILES string of the molecule is Cc1cc(C)c(S(=O)(=O)N2CCC[C@H](C(=O)Nc3ccc(C)c(C(F)(F)F)c3)[C@@H]2c2ccc(NC3CCCC3)cc2)c(C)c1. The molecule has 10 heteroatoms. The maximum atomic E-state index is 14.4. The minimum Gasteiger partial charge on any atom is -0.382 e. The number of nitrogens with one attached hydrogen (secondary N) is 2. The van der Waals surface area contributed by atoms with Gasteiger partial charge in [0.25, 0.3) is 0 Å². The summed E-state index contributed by atoms with van der Waals surface area (Å²) >= 11 is 0. The molecule has 1 amide bonds. The first-order chi connectivity index (χ1) is 20.8. The van der Waals surface area contributed by atoms with E-state index in [1.807, 2.05) is 43.3 Å². The third-order valence-electron chi connectivity index (χ3n) is 8.88. The van der Waals surface area contributed by atoms with Gasteiger partial charge in [0.05, 0.1) is 22.4 Å². The zero-order valence-electron chi connectivity index (χ0n) is 25.6. The number of hydrogen-bond donors (Lipinski definition) is 2. The number of rotatable bonds is 7. The highest BCUT2D eigenvalue weighted by Crippen LogP contribution is 2.42. The number of aryl methyl sites for hydroxylation is 4. The number of carbonyl (C=O) groups excluding carboxylic acids is 1. The molecule has 0 bridgehead atoms. The van der Waals surface area contributed by atoms with Crippen LogP contribution in [0.4, 0.5) is 24.5 Å². The van der Waals surface area contributed by atoms with E-state index in [0.29, 0.717) is 35.6 Å². The third-order valence-corrected chi connectivity index (χ3v) is 11.1. The van der Waals surface area contributed by atoms with Gasteiger partial charge in [-0.2, -0.15) is 17.5 Å². The van der Waals surface area contributed by atoms with Gasteiger partial charge in [-0.15, -0.1) is 0 Å². The van der Waals surface area contributed by atoms with Crippen molar-refractivity contribution >= 4 is 27.3 Å². The van der Waals surface area contributed by atoms with Crippen molar-refractivity contribution in [1.29, 1.82) is 0 Å². The number of amides is 1. The van der Waals surface area contributed by atoms with Crippen molar-refractivity contribution in [2.24, 2.45) is 5.92 Å². The summed E-state index contributed by atoms with van der Waals surface area (Å²) in [6.45, 7) is 7.05. The zero-order valence-corrected chi connectivity index (χ0v) is 26.4. The van der Waals surface area contributed by atoms with Crippen LogP contribution in [0, 0.1) is 33.6 Å². The lowest BCUT2D eigenvalue weighted by molar-refractivity contribution is -0.138. The van der Waals surface area contributed by atoms with Crippen molar-refractivity contribution in [3.63, 3.8) is 0 Å². The first-order valence-corrected chi connectivity index (χ1v) is 16.6. The largest absolute Gasteiger partial charge is 0.416 e. The van der Waals surface area contributed by atoms with Crippen LogP contribution >= 0.6 is 0 Å². The lowest BCUT2D eigenvalue weighted by atomic mass is 9.85. The van der Waals surface area contributed by atoms with Crippen molar-refractivity contribution in [1.82, 2.24) is 4.31 Å². The van der Waals surface area contributed by atoms with Gasteiger partial charge < -0.3 is 10.6 Å². The Bertz CT molecular complexity index is 1610. The van der Waals surface area contributed by atoms with Gasteiger partial charge in [-0.1, -0.05) is 48.7 Å². The Morgan fingerprint density at radius 1 is 0.818 bits per heavy atom. The van der Waals surface area contributed by atoms with Crippen molar-refractivity contribution in [2.75, 3.05) is 17.2 Å². The van der Waals surface area contributed by atoms with Gasteiger partial charge >= 0.3 is 6.18 Å². The monoisotopic (exact) mass is 627 g/mol. The molecule has 3 aromatic rings. The van der Waals surface area contributed by atoms with Crippen LogP contribution in [0.25, 0.3) is 0 Å². The van der Waals surface area contributed by atoms with Crippen LogP contribution in [0.5, 0.6) is 0 Å². The van der Waals surface area contributed by atoms with Crippen LogP contribution in [-0.4, -0.2) is 31.2 Å². The van der Waals surface area contributed by atoms with Crippen LogP contribution in [0.2, 0.25) is 0 Å². The average Bonchev–Trinajstić information content (AvgIpc) is 3.46. The number of carbonyl (C=O) groups is 1.